The highest BCUT2D eigenvalue weighted by atomic mass is 16.1. The highest BCUT2D eigenvalue weighted by Gasteiger charge is 2.07. The summed E-state index contributed by atoms with van der Waals surface area (Å²) in [7, 11) is 0. The maximum absolute atomic E-state index is 11.5. The normalized spacial score (nSPS) is 12.2. The smallest absolute Gasteiger partial charge is 0.233 e. The summed E-state index contributed by atoms with van der Waals surface area (Å²) >= 11 is 0. The number of unbranched alkanes of at least 4 members (excludes halogenated alkanes) is 1. The van der Waals surface area contributed by atoms with Gasteiger partial charge >= 0.3 is 0 Å². The van der Waals surface area contributed by atoms with Crippen molar-refractivity contribution in [2.24, 2.45) is 0 Å². The summed E-state index contributed by atoms with van der Waals surface area (Å²) in [5.74, 6) is 0.0722. The Morgan fingerprint density at radius 1 is 1.39 bits per heavy atom. The highest BCUT2D eigenvalue weighted by molar-refractivity contribution is 5.77. The Morgan fingerprint density at radius 3 is 2.83 bits per heavy atom. The fourth-order valence-electron chi connectivity index (χ4n) is 1.77. The molecule has 100 valence electrons. The maximum atomic E-state index is 11.5. The van der Waals surface area contributed by atoms with Gasteiger partial charge in [0.1, 0.15) is 0 Å². The largest absolute Gasteiger partial charge is 0.355 e. The Labute approximate surface area is 110 Å². The second-order valence-electron chi connectivity index (χ2n) is 4.72. The van der Waals surface area contributed by atoms with E-state index in [0.717, 1.165) is 19.4 Å². The van der Waals surface area contributed by atoms with Crippen LogP contribution in [0.3, 0.4) is 0 Å². The van der Waals surface area contributed by atoms with E-state index in [1.54, 1.807) is 0 Å². The number of amides is 1. The standard InChI is InChI=1S/C15H24N2O/c1-4-5-9-16-15(18)11-17-13(3)14-8-6-7-12(2)10-14/h6-8,10,13,17H,4-5,9,11H2,1-3H3,(H,16,18)/t13-/m0/s1. The lowest BCUT2D eigenvalue weighted by Crippen LogP contribution is -2.35. The topological polar surface area (TPSA) is 41.1 Å². The van der Waals surface area contributed by atoms with E-state index in [-0.39, 0.29) is 11.9 Å². The number of aryl methyl sites for hydroxylation is 1. The number of nitrogens with one attached hydrogen (secondary N) is 2. The average Bonchev–Trinajstić information content (AvgIpc) is 2.36. The second-order valence-corrected chi connectivity index (χ2v) is 4.72. The van der Waals surface area contributed by atoms with Gasteiger partial charge in [-0.1, -0.05) is 43.2 Å². The van der Waals surface area contributed by atoms with E-state index in [4.69, 9.17) is 0 Å². The molecule has 3 heteroatoms. The van der Waals surface area contributed by atoms with Crippen LogP contribution in [-0.4, -0.2) is 19.0 Å². The first-order valence-corrected chi connectivity index (χ1v) is 6.70. The van der Waals surface area contributed by atoms with Crippen LogP contribution in [0.15, 0.2) is 24.3 Å². The lowest BCUT2D eigenvalue weighted by molar-refractivity contribution is -0.120. The molecule has 0 aliphatic carbocycles. The SMILES string of the molecule is CCCCNC(=O)CN[C@@H](C)c1cccc(C)c1. The van der Waals surface area contributed by atoms with E-state index in [0.29, 0.717) is 6.54 Å². The van der Waals surface area contributed by atoms with E-state index in [1.807, 2.05) is 6.07 Å². The van der Waals surface area contributed by atoms with Gasteiger partial charge in [0.05, 0.1) is 6.54 Å². The summed E-state index contributed by atoms with van der Waals surface area (Å²) in [4.78, 5) is 11.5. The molecule has 1 aromatic rings. The van der Waals surface area contributed by atoms with Crippen LogP contribution >= 0.6 is 0 Å². The van der Waals surface area contributed by atoms with Gasteiger partial charge in [0.25, 0.3) is 0 Å². The molecule has 2 N–H and O–H groups in total. The zero-order valence-corrected chi connectivity index (χ0v) is 11.6. The quantitative estimate of drug-likeness (QED) is 0.728. The lowest BCUT2D eigenvalue weighted by Gasteiger charge is -2.14. The first-order chi connectivity index (χ1) is 8.63. The van der Waals surface area contributed by atoms with Crippen molar-refractivity contribution in [3.63, 3.8) is 0 Å². The van der Waals surface area contributed by atoms with Gasteiger partial charge in [-0.2, -0.15) is 0 Å². The van der Waals surface area contributed by atoms with Crippen LogP contribution in [0.25, 0.3) is 0 Å². The molecule has 0 radical (unpaired) electrons. The minimum Gasteiger partial charge on any atom is -0.355 e. The van der Waals surface area contributed by atoms with Gasteiger partial charge in [0, 0.05) is 12.6 Å². The zero-order valence-electron chi connectivity index (χ0n) is 11.6. The van der Waals surface area contributed by atoms with Gasteiger partial charge in [0.15, 0.2) is 0 Å². The molecular weight excluding hydrogens is 224 g/mol. The summed E-state index contributed by atoms with van der Waals surface area (Å²) in [6.07, 6.45) is 2.15. The minimum absolute atomic E-state index is 0.0722. The van der Waals surface area contributed by atoms with Crippen LogP contribution in [0.1, 0.15) is 43.9 Å². The molecule has 0 aliphatic heterocycles. The van der Waals surface area contributed by atoms with Crippen LogP contribution < -0.4 is 10.6 Å². The van der Waals surface area contributed by atoms with Gasteiger partial charge in [-0.3, -0.25) is 4.79 Å². The fourth-order valence-corrected chi connectivity index (χ4v) is 1.77. The van der Waals surface area contributed by atoms with Crippen LogP contribution in [0.2, 0.25) is 0 Å². The molecule has 0 aliphatic rings. The van der Waals surface area contributed by atoms with E-state index in [9.17, 15) is 4.79 Å². The van der Waals surface area contributed by atoms with Gasteiger partial charge < -0.3 is 10.6 Å². The van der Waals surface area contributed by atoms with Crippen LogP contribution in [0.5, 0.6) is 0 Å². The van der Waals surface area contributed by atoms with Gasteiger partial charge in [-0.05, 0) is 25.8 Å². The first-order valence-electron chi connectivity index (χ1n) is 6.70. The summed E-state index contributed by atoms with van der Waals surface area (Å²) in [5.41, 5.74) is 2.46. The van der Waals surface area contributed by atoms with Crippen molar-refractivity contribution < 1.29 is 4.79 Å². The fraction of sp³-hybridized carbons (Fsp3) is 0.533. The van der Waals surface area contributed by atoms with Crippen molar-refractivity contribution in [2.75, 3.05) is 13.1 Å². The number of hydrogen-bond donors (Lipinski definition) is 2. The molecule has 0 heterocycles. The van der Waals surface area contributed by atoms with Crippen LogP contribution in [0, 0.1) is 6.92 Å². The number of carbonyl (C=O) groups is 1. The molecule has 0 bridgehead atoms. The van der Waals surface area contributed by atoms with E-state index in [1.165, 1.54) is 11.1 Å². The monoisotopic (exact) mass is 248 g/mol. The Bertz CT molecular complexity index is 377. The van der Waals surface area contributed by atoms with Gasteiger partial charge in [-0.25, -0.2) is 0 Å². The molecule has 3 nitrogen and oxygen atoms in total. The lowest BCUT2D eigenvalue weighted by atomic mass is 10.1. The number of benzene rings is 1. The number of carbonyl (C=O) groups excluding carboxylic acids is 1. The Kier molecular flexibility index (Phi) is 6.44. The van der Waals surface area contributed by atoms with Crippen molar-refractivity contribution in [3.05, 3.63) is 35.4 Å². The van der Waals surface area contributed by atoms with E-state index < -0.39 is 0 Å². The third-order valence-corrected chi connectivity index (χ3v) is 2.96. The first kappa shape index (κ1) is 14.7. The molecule has 0 unspecified atom stereocenters. The molecule has 1 rings (SSSR count). The third kappa shape index (κ3) is 5.32. The molecule has 1 amide bonds. The molecule has 0 aromatic heterocycles. The molecule has 0 spiro atoms. The third-order valence-electron chi connectivity index (χ3n) is 2.96. The Morgan fingerprint density at radius 2 is 2.17 bits per heavy atom. The molecule has 0 fully saturated rings. The summed E-state index contributed by atoms with van der Waals surface area (Å²) < 4.78 is 0. The summed E-state index contributed by atoms with van der Waals surface area (Å²) in [6, 6.07) is 8.55. The molecule has 18 heavy (non-hydrogen) atoms. The molecular formula is C15H24N2O. The zero-order chi connectivity index (χ0) is 13.4. The van der Waals surface area contributed by atoms with Crippen LogP contribution in [0.4, 0.5) is 0 Å². The predicted octanol–water partition coefficient (Wildman–Crippen LogP) is 2.56. The van der Waals surface area contributed by atoms with Crippen molar-refractivity contribution >= 4 is 5.91 Å². The van der Waals surface area contributed by atoms with Gasteiger partial charge in [0.2, 0.25) is 5.91 Å². The predicted molar refractivity (Wildman–Crippen MR) is 75.5 cm³/mol. The Balaban J connectivity index is 2.32. The summed E-state index contributed by atoms with van der Waals surface area (Å²) in [6.45, 7) is 7.42. The molecule has 1 aromatic carbocycles. The Hall–Kier alpha value is -1.35. The minimum atomic E-state index is 0.0722. The average molecular weight is 248 g/mol. The maximum Gasteiger partial charge on any atom is 0.233 e. The van der Waals surface area contributed by atoms with E-state index in [2.05, 4.69) is 49.6 Å². The molecule has 1 atom stereocenters. The summed E-state index contributed by atoms with van der Waals surface area (Å²) in [5, 5.41) is 6.14. The van der Waals surface area contributed by atoms with Crippen molar-refractivity contribution in [2.45, 2.75) is 39.7 Å². The van der Waals surface area contributed by atoms with Crippen molar-refractivity contribution in [1.29, 1.82) is 0 Å². The number of hydrogen-bond acceptors (Lipinski definition) is 2. The second kappa shape index (κ2) is 7.88. The van der Waals surface area contributed by atoms with Gasteiger partial charge in [-0.15, -0.1) is 0 Å². The van der Waals surface area contributed by atoms with Crippen molar-refractivity contribution in [3.8, 4) is 0 Å². The molecule has 0 saturated heterocycles. The van der Waals surface area contributed by atoms with Crippen LogP contribution in [-0.2, 0) is 4.79 Å². The highest BCUT2D eigenvalue weighted by Crippen LogP contribution is 2.13. The number of rotatable bonds is 7. The van der Waals surface area contributed by atoms with Crippen molar-refractivity contribution in [1.82, 2.24) is 10.6 Å². The van der Waals surface area contributed by atoms with E-state index >= 15 is 0 Å². The molecule has 0 saturated carbocycles.